The van der Waals surface area contributed by atoms with Gasteiger partial charge in [-0.05, 0) is 31.2 Å². The standard InChI is InChI=1S/C18H22FN3O4S/c1-4-26-15-9-7-8-14(12-15)20-18(23)13-22(27(24,25)21(2)3)17-11-6-5-10-16(17)19/h5-12H,4,13H2,1-3H3,(H,20,23). The Hall–Kier alpha value is -2.65. The van der Waals surface area contributed by atoms with Crippen molar-refractivity contribution in [2.45, 2.75) is 6.92 Å². The first-order valence-electron chi connectivity index (χ1n) is 8.23. The van der Waals surface area contributed by atoms with E-state index in [2.05, 4.69) is 5.32 Å². The summed E-state index contributed by atoms with van der Waals surface area (Å²) < 4.78 is 46.4. The van der Waals surface area contributed by atoms with Crippen molar-refractivity contribution in [2.75, 3.05) is 36.9 Å². The van der Waals surface area contributed by atoms with Crippen molar-refractivity contribution in [2.24, 2.45) is 0 Å². The van der Waals surface area contributed by atoms with Gasteiger partial charge in [0.1, 0.15) is 18.1 Å². The number of ether oxygens (including phenoxy) is 1. The van der Waals surface area contributed by atoms with Crippen LogP contribution >= 0.6 is 0 Å². The molecule has 2 rings (SSSR count). The minimum absolute atomic E-state index is 0.204. The van der Waals surface area contributed by atoms with E-state index < -0.39 is 28.5 Å². The van der Waals surface area contributed by atoms with Crippen LogP contribution in [-0.4, -0.2) is 45.9 Å². The van der Waals surface area contributed by atoms with Crippen molar-refractivity contribution in [3.05, 3.63) is 54.3 Å². The highest BCUT2D eigenvalue weighted by molar-refractivity contribution is 7.90. The van der Waals surface area contributed by atoms with Gasteiger partial charge in [0.2, 0.25) is 5.91 Å². The minimum atomic E-state index is -4.08. The van der Waals surface area contributed by atoms with E-state index in [-0.39, 0.29) is 5.69 Å². The predicted molar refractivity (Wildman–Crippen MR) is 103 cm³/mol. The number of nitrogens with one attached hydrogen (secondary N) is 1. The van der Waals surface area contributed by atoms with Crippen LogP contribution in [0.5, 0.6) is 5.75 Å². The summed E-state index contributed by atoms with van der Waals surface area (Å²) in [6, 6.07) is 12.1. The van der Waals surface area contributed by atoms with Crippen LogP contribution in [0.1, 0.15) is 6.92 Å². The van der Waals surface area contributed by atoms with Crippen LogP contribution in [0.25, 0.3) is 0 Å². The molecule has 0 aliphatic heterocycles. The smallest absolute Gasteiger partial charge is 0.304 e. The molecule has 9 heteroatoms. The zero-order valence-electron chi connectivity index (χ0n) is 15.3. The average Bonchev–Trinajstić information content (AvgIpc) is 2.61. The summed E-state index contributed by atoms with van der Waals surface area (Å²) in [5.41, 5.74) is 0.242. The molecule has 27 heavy (non-hydrogen) atoms. The summed E-state index contributed by atoms with van der Waals surface area (Å²) >= 11 is 0. The average molecular weight is 395 g/mol. The van der Waals surface area contributed by atoms with Gasteiger partial charge in [-0.25, -0.2) is 8.70 Å². The first-order chi connectivity index (χ1) is 12.8. The summed E-state index contributed by atoms with van der Waals surface area (Å²) in [5.74, 6) is -0.784. The number of rotatable bonds is 8. The third kappa shape index (κ3) is 5.18. The fourth-order valence-electron chi connectivity index (χ4n) is 2.30. The normalized spacial score (nSPS) is 11.3. The molecule has 0 saturated heterocycles. The highest BCUT2D eigenvalue weighted by atomic mass is 32.2. The fraction of sp³-hybridized carbons (Fsp3) is 0.278. The summed E-state index contributed by atoms with van der Waals surface area (Å²) in [4.78, 5) is 12.4. The highest BCUT2D eigenvalue weighted by Crippen LogP contribution is 2.23. The Morgan fingerprint density at radius 2 is 1.85 bits per heavy atom. The van der Waals surface area contributed by atoms with Crippen molar-refractivity contribution in [3.63, 3.8) is 0 Å². The number of hydrogen-bond acceptors (Lipinski definition) is 4. The molecule has 0 aliphatic carbocycles. The van der Waals surface area contributed by atoms with E-state index >= 15 is 0 Å². The van der Waals surface area contributed by atoms with E-state index in [1.807, 2.05) is 6.92 Å². The van der Waals surface area contributed by atoms with Gasteiger partial charge in [-0.1, -0.05) is 18.2 Å². The molecule has 0 fully saturated rings. The van der Waals surface area contributed by atoms with Crippen molar-refractivity contribution in [3.8, 4) is 5.75 Å². The third-order valence-corrected chi connectivity index (χ3v) is 5.38. The van der Waals surface area contributed by atoms with E-state index in [1.165, 1.54) is 32.3 Å². The number of halogens is 1. The maximum Gasteiger partial charge on any atom is 0.304 e. The molecule has 0 heterocycles. The molecule has 0 atom stereocenters. The molecule has 0 unspecified atom stereocenters. The maximum absolute atomic E-state index is 14.2. The maximum atomic E-state index is 14.2. The van der Waals surface area contributed by atoms with E-state index in [0.717, 1.165) is 14.7 Å². The second-order valence-corrected chi connectivity index (χ2v) is 7.82. The Morgan fingerprint density at radius 3 is 2.48 bits per heavy atom. The Labute approximate surface area is 158 Å². The molecule has 7 nitrogen and oxygen atoms in total. The molecule has 2 aromatic carbocycles. The van der Waals surface area contributed by atoms with Gasteiger partial charge >= 0.3 is 10.2 Å². The number of carbonyl (C=O) groups is 1. The van der Waals surface area contributed by atoms with Crippen LogP contribution in [0.3, 0.4) is 0 Å². The molecule has 1 amide bonds. The summed E-state index contributed by atoms with van der Waals surface area (Å²) in [6.07, 6.45) is 0. The number of amides is 1. The first kappa shape index (κ1) is 20.7. The number of hydrogen-bond donors (Lipinski definition) is 1. The Bertz CT molecular complexity index is 903. The SMILES string of the molecule is CCOc1cccc(NC(=O)CN(c2ccccc2F)S(=O)(=O)N(C)C)c1. The molecular weight excluding hydrogens is 373 g/mol. The highest BCUT2D eigenvalue weighted by Gasteiger charge is 2.29. The van der Waals surface area contributed by atoms with Crippen molar-refractivity contribution in [1.82, 2.24) is 4.31 Å². The predicted octanol–water partition coefficient (Wildman–Crippen LogP) is 2.48. The molecule has 1 N–H and O–H groups in total. The van der Waals surface area contributed by atoms with Crippen LogP contribution < -0.4 is 14.4 Å². The lowest BCUT2D eigenvalue weighted by atomic mass is 10.3. The van der Waals surface area contributed by atoms with Gasteiger partial charge in [0.05, 0.1) is 12.3 Å². The largest absolute Gasteiger partial charge is 0.494 e. The zero-order valence-corrected chi connectivity index (χ0v) is 16.2. The number of nitrogens with zero attached hydrogens (tertiary/aromatic N) is 2. The quantitative estimate of drug-likeness (QED) is 0.745. The monoisotopic (exact) mass is 395 g/mol. The van der Waals surface area contributed by atoms with E-state index in [0.29, 0.717) is 18.0 Å². The minimum Gasteiger partial charge on any atom is -0.494 e. The van der Waals surface area contributed by atoms with Crippen LogP contribution in [-0.2, 0) is 15.0 Å². The molecule has 0 saturated carbocycles. The molecule has 146 valence electrons. The van der Waals surface area contributed by atoms with E-state index in [4.69, 9.17) is 4.74 Å². The third-order valence-electron chi connectivity index (χ3n) is 3.58. The van der Waals surface area contributed by atoms with Crippen LogP contribution in [0.2, 0.25) is 0 Å². The fourth-order valence-corrected chi connectivity index (χ4v) is 3.37. The lowest BCUT2D eigenvalue weighted by Gasteiger charge is -2.27. The van der Waals surface area contributed by atoms with Gasteiger partial charge in [0.25, 0.3) is 0 Å². The molecule has 0 aliphatic rings. The number of carbonyl (C=O) groups excluding carboxylic acids is 1. The molecule has 0 bridgehead atoms. The Kier molecular flexibility index (Phi) is 6.75. The van der Waals surface area contributed by atoms with Gasteiger partial charge in [0, 0.05) is 25.8 Å². The number of para-hydroxylation sites is 1. The Morgan fingerprint density at radius 1 is 1.15 bits per heavy atom. The molecular formula is C18H22FN3O4S. The van der Waals surface area contributed by atoms with Crippen LogP contribution in [0, 0.1) is 5.82 Å². The molecule has 0 radical (unpaired) electrons. The van der Waals surface area contributed by atoms with E-state index in [1.54, 1.807) is 24.3 Å². The van der Waals surface area contributed by atoms with Crippen LogP contribution in [0.15, 0.2) is 48.5 Å². The van der Waals surface area contributed by atoms with Crippen molar-refractivity contribution < 1.29 is 22.3 Å². The lowest BCUT2D eigenvalue weighted by molar-refractivity contribution is -0.114. The summed E-state index contributed by atoms with van der Waals surface area (Å²) in [6.45, 7) is 1.73. The van der Waals surface area contributed by atoms with Gasteiger partial charge in [0.15, 0.2) is 0 Å². The Balaban J connectivity index is 2.26. The molecule has 0 spiro atoms. The lowest BCUT2D eigenvalue weighted by Crippen LogP contribution is -2.44. The van der Waals surface area contributed by atoms with Gasteiger partial charge < -0.3 is 10.1 Å². The summed E-state index contributed by atoms with van der Waals surface area (Å²) in [7, 11) is -1.45. The number of anilines is 2. The van der Waals surface area contributed by atoms with Gasteiger partial charge in [-0.2, -0.15) is 12.7 Å². The number of benzene rings is 2. The summed E-state index contributed by atoms with van der Waals surface area (Å²) in [5, 5.41) is 2.61. The van der Waals surface area contributed by atoms with E-state index in [9.17, 15) is 17.6 Å². The second-order valence-electron chi connectivity index (χ2n) is 5.76. The van der Waals surface area contributed by atoms with Crippen molar-refractivity contribution >= 4 is 27.5 Å². The topological polar surface area (TPSA) is 79.0 Å². The molecule has 2 aromatic rings. The van der Waals surface area contributed by atoms with Gasteiger partial charge in [-0.3, -0.25) is 4.79 Å². The zero-order chi connectivity index (χ0) is 20.0. The van der Waals surface area contributed by atoms with Crippen LogP contribution in [0.4, 0.5) is 15.8 Å². The second kappa shape index (κ2) is 8.83. The van der Waals surface area contributed by atoms with Crippen molar-refractivity contribution in [1.29, 1.82) is 0 Å². The first-order valence-corrected chi connectivity index (χ1v) is 9.62. The molecule has 0 aromatic heterocycles. The van der Waals surface area contributed by atoms with Gasteiger partial charge in [-0.15, -0.1) is 0 Å².